The van der Waals surface area contributed by atoms with Gasteiger partial charge in [-0.05, 0) is 23.8 Å². The van der Waals surface area contributed by atoms with Gasteiger partial charge in [-0.2, -0.15) is 0 Å². The molecular weight excluding hydrogens is 276 g/mol. The minimum absolute atomic E-state index is 0.915. The minimum Gasteiger partial charge on any atom is -0.497 e. The largest absolute Gasteiger partial charge is 0.497 e. The van der Waals surface area contributed by atoms with Crippen molar-refractivity contribution in [2.75, 3.05) is 13.7 Å². The average Bonchev–Trinajstić information content (AvgIpc) is 3.10. The second-order valence-corrected chi connectivity index (χ2v) is 5.95. The summed E-state index contributed by atoms with van der Waals surface area (Å²) in [7, 11) is 3.77. The number of ether oxygens (including phenoxy) is 1. The SMILES string of the molecule is COc1ccc2[nH]c3c(c2c1)CN(Cc1cncn1C)CC3. The molecule has 0 radical (unpaired) electrons. The van der Waals surface area contributed by atoms with Gasteiger partial charge in [0.15, 0.2) is 0 Å². The third-order valence-corrected chi connectivity index (χ3v) is 4.56. The van der Waals surface area contributed by atoms with Crippen molar-refractivity contribution in [3.63, 3.8) is 0 Å². The second-order valence-electron chi connectivity index (χ2n) is 5.95. The lowest BCUT2D eigenvalue weighted by Crippen LogP contribution is -2.30. The molecule has 4 rings (SSSR count). The van der Waals surface area contributed by atoms with Crippen LogP contribution >= 0.6 is 0 Å². The first-order chi connectivity index (χ1) is 10.7. The molecule has 0 saturated carbocycles. The van der Waals surface area contributed by atoms with E-state index in [1.54, 1.807) is 7.11 Å². The molecule has 0 spiro atoms. The first-order valence-electron chi connectivity index (χ1n) is 7.59. The number of H-pyrrole nitrogens is 1. The number of benzene rings is 1. The van der Waals surface area contributed by atoms with E-state index in [2.05, 4.69) is 31.6 Å². The van der Waals surface area contributed by atoms with Gasteiger partial charge in [-0.3, -0.25) is 4.90 Å². The van der Waals surface area contributed by atoms with Crippen LogP contribution in [0.1, 0.15) is 17.0 Å². The smallest absolute Gasteiger partial charge is 0.119 e. The molecule has 0 unspecified atom stereocenters. The predicted octanol–water partition coefficient (Wildman–Crippen LogP) is 2.47. The van der Waals surface area contributed by atoms with Gasteiger partial charge in [0.25, 0.3) is 0 Å². The van der Waals surface area contributed by atoms with Gasteiger partial charge in [0.05, 0.1) is 19.1 Å². The summed E-state index contributed by atoms with van der Waals surface area (Å²) in [6.07, 6.45) is 4.87. The predicted molar refractivity (Wildman–Crippen MR) is 85.9 cm³/mol. The Labute approximate surface area is 129 Å². The maximum atomic E-state index is 5.37. The van der Waals surface area contributed by atoms with E-state index in [-0.39, 0.29) is 0 Å². The molecule has 0 saturated heterocycles. The molecule has 5 nitrogen and oxygen atoms in total. The monoisotopic (exact) mass is 296 g/mol. The van der Waals surface area contributed by atoms with Crippen molar-refractivity contribution >= 4 is 10.9 Å². The molecule has 0 bridgehead atoms. The number of nitrogens with zero attached hydrogens (tertiary/aromatic N) is 3. The molecule has 1 aromatic carbocycles. The Balaban J connectivity index is 1.65. The normalized spacial score (nSPS) is 15.2. The average molecular weight is 296 g/mol. The Morgan fingerprint density at radius 3 is 3.05 bits per heavy atom. The van der Waals surface area contributed by atoms with E-state index >= 15 is 0 Å². The summed E-state index contributed by atoms with van der Waals surface area (Å²) in [5.41, 5.74) is 5.22. The van der Waals surface area contributed by atoms with Crippen molar-refractivity contribution < 1.29 is 4.74 Å². The zero-order valence-corrected chi connectivity index (χ0v) is 13.0. The summed E-state index contributed by atoms with van der Waals surface area (Å²) in [6, 6.07) is 6.26. The van der Waals surface area contributed by atoms with E-state index in [1.165, 1.54) is 27.9 Å². The summed E-state index contributed by atoms with van der Waals surface area (Å²) < 4.78 is 7.46. The Morgan fingerprint density at radius 1 is 1.36 bits per heavy atom. The number of aromatic nitrogens is 3. The Morgan fingerprint density at radius 2 is 2.27 bits per heavy atom. The number of aryl methyl sites for hydroxylation is 1. The number of methoxy groups -OCH3 is 1. The number of rotatable bonds is 3. The summed E-state index contributed by atoms with van der Waals surface area (Å²) >= 11 is 0. The van der Waals surface area contributed by atoms with Crippen LogP contribution in [-0.2, 0) is 26.6 Å². The summed E-state index contributed by atoms with van der Waals surface area (Å²) in [5.74, 6) is 0.915. The number of fused-ring (bicyclic) bond motifs is 3. The van der Waals surface area contributed by atoms with Crippen LogP contribution in [0.2, 0.25) is 0 Å². The number of imidazole rings is 1. The van der Waals surface area contributed by atoms with Crippen molar-refractivity contribution in [1.82, 2.24) is 19.4 Å². The van der Waals surface area contributed by atoms with Gasteiger partial charge < -0.3 is 14.3 Å². The standard InChI is InChI=1S/C17H20N4O/c1-20-11-18-8-12(20)9-21-6-5-17-15(10-21)14-7-13(22-2)3-4-16(14)19-17/h3-4,7-8,11,19H,5-6,9-10H2,1-2H3. The van der Waals surface area contributed by atoms with E-state index in [0.29, 0.717) is 0 Å². The van der Waals surface area contributed by atoms with E-state index in [4.69, 9.17) is 4.74 Å². The van der Waals surface area contributed by atoms with Crippen LogP contribution in [0.15, 0.2) is 30.7 Å². The van der Waals surface area contributed by atoms with Crippen LogP contribution in [0.25, 0.3) is 10.9 Å². The zero-order valence-electron chi connectivity index (χ0n) is 13.0. The number of hydrogen-bond acceptors (Lipinski definition) is 3. The molecular formula is C17H20N4O. The van der Waals surface area contributed by atoms with Gasteiger partial charge in [0.1, 0.15) is 5.75 Å². The van der Waals surface area contributed by atoms with Crippen LogP contribution in [0.5, 0.6) is 5.75 Å². The fraction of sp³-hybridized carbons (Fsp3) is 0.353. The molecule has 114 valence electrons. The first-order valence-corrected chi connectivity index (χ1v) is 7.59. The maximum absolute atomic E-state index is 5.37. The quantitative estimate of drug-likeness (QED) is 0.807. The molecule has 0 aliphatic carbocycles. The molecule has 1 N–H and O–H groups in total. The lowest BCUT2D eigenvalue weighted by Gasteiger charge is -2.27. The van der Waals surface area contributed by atoms with Crippen LogP contribution in [0.3, 0.4) is 0 Å². The molecule has 1 aliphatic rings. The van der Waals surface area contributed by atoms with Gasteiger partial charge in [-0.1, -0.05) is 0 Å². The first kappa shape index (κ1) is 13.4. The van der Waals surface area contributed by atoms with Crippen molar-refractivity contribution in [2.45, 2.75) is 19.5 Å². The van der Waals surface area contributed by atoms with Gasteiger partial charge in [-0.25, -0.2) is 4.98 Å². The Kier molecular flexibility index (Phi) is 3.15. The molecule has 22 heavy (non-hydrogen) atoms. The third-order valence-electron chi connectivity index (χ3n) is 4.56. The lowest BCUT2D eigenvalue weighted by molar-refractivity contribution is 0.240. The summed E-state index contributed by atoms with van der Waals surface area (Å²) in [5, 5.41) is 1.28. The Bertz CT molecular complexity index is 817. The van der Waals surface area contributed by atoms with E-state index in [1.807, 2.05) is 25.6 Å². The number of aromatic amines is 1. The van der Waals surface area contributed by atoms with Crippen molar-refractivity contribution in [3.05, 3.63) is 47.7 Å². The van der Waals surface area contributed by atoms with Crippen LogP contribution < -0.4 is 4.74 Å². The van der Waals surface area contributed by atoms with Crippen molar-refractivity contribution in [1.29, 1.82) is 0 Å². The highest BCUT2D eigenvalue weighted by Gasteiger charge is 2.21. The highest BCUT2D eigenvalue weighted by Crippen LogP contribution is 2.30. The maximum Gasteiger partial charge on any atom is 0.119 e. The van der Waals surface area contributed by atoms with Crippen LogP contribution in [0.4, 0.5) is 0 Å². The van der Waals surface area contributed by atoms with Gasteiger partial charge in [0, 0.05) is 55.9 Å². The molecule has 0 atom stereocenters. The molecule has 0 amide bonds. The van der Waals surface area contributed by atoms with Gasteiger partial charge >= 0.3 is 0 Å². The van der Waals surface area contributed by atoms with Gasteiger partial charge in [-0.15, -0.1) is 0 Å². The number of nitrogens with one attached hydrogen (secondary N) is 1. The van der Waals surface area contributed by atoms with Crippen LogP contribution in [0, 0.1) is 0 Å². The van der Waals surface area contributed by atoms with E-state index < -0.39 is 0 Å². The van der Waals surface area contributed by atoms with Crippen molar-refractivity contribution in [2.24, 2.45) is 7.05 Å². The molecule has 1 aliphatic heterocycles. The molecule has 5 heteroatoms. The van der Waals surface area contributed by atoms with Crippen LogP contribution in [-0.4, -0.2) is 33.1 Å². The van der Waals surface area contributed by atoms with Crippen molar-refractivity contribution in [3.8, 4) is 5.75 Å². The Hall–Kier alpha value is -2.27. The highest BCUT2D eigenvalue weighted by atomic mass is 16.5. The molecule has 2 aromatic heterocycles. The van der Waals surface area contributed by atoms with Gasteiger partial charge in [0.2, 0.25) is 0 Å². The minimum atomic E-state index is 0.915. The third kappa shape index (κ3) is 2.18. The fourth-order valence-corrected chi connectivity index (χ4v) is 3.28. The topological polar surface area (TPSA) is 46.1 Å². The molecule has 3 heterocycles. The number of hydrogen-bond donors (Lipinski definition) is 1. The zero-order chi connectivity index (χ0) is 15.1. The second kappa shape index (κ2) is 5.18. The summed E-state index contributed by atoms with van der Waals surface area (Å²) in [4.78, 5) is 10.2. The van der Waals surface area contributed by atoms with E-state index in [9.17, 15) is 0 Å². The molecule has 0 fully saturated rings. The summed E-state index contributed by atoms with van der Waals surface area (Å²) in [6.45, 7) is 2.97. The lowest BCUT2D eigenvalue weighted by atomic mass is 10.0. The fourth-order valence-electron chi connectivity index (χ4n) is 3.28. The van der Waals surface area contributed by atoms with E-state index in [0.717, 1.165) is 31.8 Å². The highest BCUT2D eigenvalue weighted by molar-refractivity contribution is 5.86. The molecule has 3 aromatic rings.